The summed E-state index contributed by atoms with van der Waals surface area (Å²) in [5.41, 5.74) is 7.54. The first-order valence-corrected chi connectivity index (χ1v) is 15.3. The number of benzene rings is 5. The molecule has 0 heterocycles. The minimum absolute atomic E-state index is 0. The molecule has 10 nitrogen and oxygen atoms in total. The Labute approximate surface area is 304 Å². The molecule has 1 atom stereocenters. The Hall–Kier alpha value is -5.07. The summed E-state index contributed by atoms with van der Waals surface area (Å²) in [7, 11) is 0. The molecule has 0 saturated carbocycles. The maximum atomic E-state index is 13.3. The fourth-order valence-corrected chi connectivity index (χ4v) is 5.44. The number of hydrogen-bond donors (Lipinski definition) is 5. The van der Waals surface area contributed by atoms with Crippen LogP contribution in [0.5, 0.6) is 11.5 Å². The zero-order valence-electron chi connectivity index (χ0n) is 26.7. The number of amides is 3. The summed E-state index contributed by atoms with van der Waals surface area (Å²) in [6.45, 7) is 4.33. The summed E-state index contributed by atoms with van der Waals surface area (Å²) < 4.78 is 12.4. The van der Waals surface area contributed by atoms with E-state index >= 15 is 0 Å². The van der Waals surface area contributed by atoms with Crippen LogP contribution in [0.2, 0.25) is 0 Å². The summed E-state index contributed by atoms with van der Waals surface area (Å²) in [5.74, 6) is -0.519. The SMILES string of the molecule is C.C=CCOc1ccc2ccccc2c1-c1c(OCC(=O)N[C@H](CCC[NH3+])C(=O)Nc2cccc(C(=O)NO)c2)ccc2ccccc12.S.[Cl-]. The molecule has 5 aromatic carbocycles. The third-order valence-electron chi connectivity index (χ3n) is 7.64. The van der Waals surface area contributed by atoms with Crippen molar-refractivity contribution in [2.45, 2.75) is 26.3 Å². The molecule has 0 bridgehead atoms. The van der Waals surface area contributed by atoms with Gasteiger partial charge in [0.2, 0.25) is 5.91 Å². The van der Waals surface area contributed by atoms with Crippen molar-refractivity contribution in [2.24, 2.45) is 0 Å². The predicted molar refractivity (Wildman–Crippen MR) is 198 cm³/mol. The first-order valence-electron chi connectivity index (χ1n) is 15.3. The number of hydroxylamine groups is 1. The molecular weight excluding hydrogens is 676 g/mol. The topological polar surface area (TPSA) is 154 Å². The minimum Gasteiger partial charge on any atom is -1.00 e. The first-order chi connectivity index (χ1) is 22.9. The highest BCUT2D eigenvalue weighted by Crippen LogP contribution is 2.45. The van der Waals surface area contributed by atoms with E-state index in [2.05, 4.69) is 22.9 Å². The van der Waals surface area contributed by atoms with E-state index in [-0.39, 0.29) is 45.5 Å². The number of fused-ring (bicyclic) bond motifs is 2. The molecule has 0 aromatic heterocycles. The van der Waals surface area contributed by atoms with Crippen LogP contribution in [0.25, 0.3) is 32.7 Å². The molecule has 0 aliphatic heterocycles. The van der Waals surface area contributed by atoms with Crippen molar-refractivity contribution in [1.29, 1.82) is 0 Å². The lowest BCUT2D eigenvalue weighted by atomic mass is 9.92. The van der Waals surface area contributed by atoms with Crippen molar-refractivity contribution in [1.82, 2.24) is 10.8 Å². The zero-order valence-corrected chi connectivity index (χ0v) is 28.5. The zero-order chi connectivity index (χ0) is 33.2. The summed E-state index contributed by atoms with van der Waals surface area (Å²) in [6, 6.07) is 28.9. The molecule has 7 N–H and O–H groups in total. The van der Waals surface area contributed by atoms with E-state index in [1.54, 1.807) is 23.7 Å². The van der Waals surface area contributed by atoms with E-state index in [9.17, 15) is 14.4 Å². The van der Waals surface area contributed by atoms with Crippen molar-refractivity contribution in [2.75, 3.05) is 25.1 Å². The van der Waals surface area contributed by atoms with Crippen LogP contribution < -0.4 is 43.7 Å². The van der Waals surface area contributed by atoms with Crippen LogP contribution in [0.4, 0.5) is 5.69 Å². The first kappa shape index (κ1) is 41.1. The van der Waals surface area contributed by atoms with Gasteiger partial charge < -0.3 is 38.2 Å². The van der Waals surface area contributed by atoms with Crippen molar-refractivity contribution in [3.63, 3.8) is 0 Å². The molecule has 264 valence electrons. The van der Waals surface area contributed by atoms with E-state index in [4.69, 9.17) is 14.7 Å². The van der Waals surface area contributed by atoms with E-state index in [0.29, 0.717) is 43.2 Å². The quantitative estimate of drug-likeness (QED) is 0.0677. The number of halogens is 1. The number of ether oxygens (including phenoxy) is 2. The van der Waals surface area contributed by atoms with E-state index in [0.717, 1.165) is 32.7 Å². The smallest absolute Gasteiger partial charge is 0.274 e. The molecule has 0 fully saturated rings. The van der Waals surface area contributed by atoms with Crippen LogP contribution in [0.15, 0.2) is 110 Å². The van der Waals surface area contributed by atoms with Gasteiger partial charge >= 0.3 is 0 Å². The fourth-order valence-electron chi connectivity index (χ4n) is 5.44. The predicted octanol–water partition coefficient (Wildman–Crippen LogP) is 2.62. The maximum Gasteiger partial charge on any atom is 0.274 e. The van der Waals surface area contributed by atoms with Gasteiger partial charge in [-0.3, -0.25) is 19.6 Å². The number of carbonyl (C=O) groups excluding carboxylic acids is 3. The normalized spacial score (nSPS) is 10.8. The van der Waals surface area contributed by atoms with Crippen LogP contribution in [-0.2, 0) is 9.59 Å². The van der Waals surface area contributed by atoms with Gasteiger partial charge in [0.1, 0.15) is 24.1 Å². The van der Waals surface area contributed by atoms with Gasteiger partial charge in [0, 0.05) is 22.4 Å². The maximum absolute atomic E-state index is 13.3. The Balaban J connectivity index is 0.00000289. The molecule has 5 rings (SSSR count). The molecule has 5 aromatic rings. The Morgan fingerprint density at radius 2 is 1.44 bits per heavy atom. The third-order valence-corrected chi connectivity index (χ3v) is 7.64. The number of nitrogens with one attached hydrogen (secondary N) is 3. The molecule has 0 saturated heterocycles. The van der Waals surface area contributed by atoms with Crippen molar-refractivity contribution in [3.8, 4) is 22.6 Å². The second-order valence-electron chi connectivity index (χ2n) is 10.8. The molecule has 0 radical (unpaired) electrons. The van der Waals surface area contributed by atoms with Crippen molar-refractivity contribution in [3.05, 3.63) is 115 Å². The highest BCUT2D eigenvalue weighted by molar-refractivity contribution is 7.59. The molecular formula is C38H43ClN4O6S. The monoisotopic (exact) mass is 718 g/mol. The van der Waals surface area contributed by atoms with Gasteiger partial charge in [0.05, 0.1) is 6.54 Å². The van der Waals surface area contributed by atoms with Gasteiger partial charge in [0.15, 0.2) is 6.61 Å². The van der Waals surface area contributed by atoms with Gasteiger partial charge in [-0.25, -0.2) is 5.48 Å². The Morgan fingerprint density at radius 1 is 0.840 bits per heavy atom. The lowest BCUT2D eigenvalue weighted by Crippen LogP contribution is -3.00. The Morgan fingerprint density at radius 3 is 2.02 bits per heavy atom. The molecule has 0 aliphatic rings. The van der Waals surface area contributed by atoms with Crippen LogP contribution in [0.3, 0.4) is 0 Å². The van der Waals surface area contributed by atoms with Crippen LogP contribution in [0, 0.1) is 0 Å². The van der Waals surface area contributed by atoms with E-state index in [1.807, 2.05) is 72.8 Å². The molecule has 50 heavy (non-hydrogen) atoms. The molecule has 0 unspecified atom stereocenters. The second-order valence-corrected chi connectivity index (χ2v) is 10.8. The number of hydrogen-bond acceptors (Lipinski definition) is 6. The highest BCUT2D eigenvalue weighted by atomic mass is 35.5. The van der Waals surface area contributed by atoms with Crippen LogP contribution in [-0.4, -0.2) is 48.7 Å². The van der Waals surface area contributed by atoms with Gasteiger partial charge in [-0.1, -0.05) is 86.8 Å². The Kier molecular flexibility index (Phi) is 16.3. The van der Waals surface area contributed by atoms with Gasteiger partial charge in [-0.15, -0.1) is 0 Å². The third kappa shape index (κ3) is 9.76. The fraction of sp³-hybridized carbons (Fsp3) is 0.184. The molecule has 3 amide bonds. The second kappa shape index (κ2) is 19.8. The summed E-state index contributed by atoms with van der Waals surface area (Å²) in [6.07, 6.45) is 2.63. The van der Waals surface area contributed by atoms with Crippen LogP contribution in [0.1, 0.15) is 30.6 Å². The van der Waals surface area contributed by atoms with Crippen LogP contribution >= 0.6 is 13.5 Å². The van der Waals surface area contributed by atoms with Crippen molar-refractivity contribution < 1.29 is 47.2 Å². The standard InChI is InChI=1S/C37H36N4O6.CH4.ClH.H2S/c1-2-21-46-31-18-16-24-9-3-5-13-28(24)34(31)35-29-14-6-4-10-25(29)17-19-32(35)47-23-33(42)40-30(15-8-20-38)37(44)39-27-12-7-11-26(22-27)36(43)41-45;;;/h2-7,9-14,16-19,22,30,45H,1,8,15,20-21,23,38H2,(H,39,44)(H,40,42)(H,41,43);1H4;1H;1H2/t30-;;;/m1.../s1. The van der Waals surface area contributed by atoms with Gasteiger partial charge in [-0.05, 0) is 64.7 Å². The van der Waals surface area contributed by atoms with E-state index in [1.165, 1.54) is 12.1 Å². The number of rotatable bonds is 14. The average Bonchev–Trinajstić information content (AvgIpc) is 3.10. The number of carbonyl (C=O) groups is 3. The Bertz CT molecular complexity index is 1940. The largest absolute Gasteiger partial charge is 1.00 e. The lowest BCUT2D eigenvalue weighted by molar-refractivity contribution is -0.368. The van der Waals surface area contributed by atoms with Gasteiger partial charge in [-0.2, -0.15) is 13.5 Å². The summed E-state index contributed by atoms with van der Waals surface area (Å²) in [5, 5.41) is 18.4. The molecule has 0 aliphatic carbocycles. The van der Waals surface area contributed by atoms with E-state index < -0.39 is 23.8 Å². The average molecular weight is 719 g/mol. The lowest BCUT2D eigenvalue weighted by Gasteiger charge is -2.21. The number of anilines is 1. The highest BCUT2D eigenvalue weighted by Gasteiger charge is 2.23. The summed E-state index contributed by atoms with van der Waals surface area (Å²) in [4.78, 5) is 38.4. The van der Waals surface area contributed by atoms with Crippen molar-refractivity contribution >= 4 is 58.4 Å². The van der Waals surface area contributed by atoms with Gasteiger partial charge in [0.25, 0.3) is 11.8 Å². The molecule has 12 heteroatoms. The number of quaternary nitrogens is 1. The minimum atomic E-state index is -0.878. The molecule has 0 spiro atoms. The summed E-state index contributed by atoms with van der Waals surface area (Å²) >= 11 is 0.